The molecule has 1 aromatic heterocycles. The minimum atomic E-state index is -0.643. The average Bonchev–Trinajstić information content (AvgIpc) is 3.16. The Balaban J connectivity index is 1.90. The Kier molecular flexibility index (Phi) is 4.90. The highest BCUT2D eigenvalue weighted by molar-refractivity contribution is 6.30. The maximum absolute atomic E-state index is 10.3. The van der Waals surface area contributed by atoms with E-state index in [4.69, 9.17) is 31.9 Å². The van der Waals surface area contributed by atoms with Gasteiger partial charge in [-0.3, -0.25) is 0 Å². The lowest BCUT2D eigenvalue weighted by Gasteiger charge is -2.27. The van der Waals surface area contributed by atoms with E-state index in [1.807, 2.05) is 18.2 Å². The number of nitriles is 1. The largest absolute Gasteiger partial charge is 0.502 e. The molecule has 0 aliphatic carbocycles. The van der Waals surface area contributed by atoms with Crippen LogP contribution in [0.15, 0.2) is 53.9 Å². The van der Waals surface area contributed by atoms with Crippen LogP contribution < -0.4 is 20.5 Å². The lowest BCUT2D eigenvalue weighted by Crippen LogP contribution is -2.28. The number of methoxy groups -OCH3 is 2. The number of aromatic nitrogens is 2. The van der Waals surface area contributed by atoms with Crippen molar-refractivity contribution in [2.45, 2.75) is 6.04 Å². The third kappa shape index (κ3) is 3.15. The summed E-state index contributed by atoms with van der Waals surface area (Å²) in [6.07, 6.45) is 0. The number of fused-ring (bicyclic) bond motifs is 1. The quantitative estimate of drug-likeness (QED) is 0.586. The summed E-state index contributed by atoms with van der Waals surface area (Å²) < 4.78 is 12.2. The summed E-state index contributed by atoms with van der Waals surface area (Å²) in [5.41, 5.74) is 8.59. The summed E-state index contributed by atoms with van der Waals surface area (Å²) in [4.78, 5) is 0. The number of aromatic hydroxyl groups is 1. The highest BCUT2D eigenvalue weighted by atomic mass is 35.5. The molecule has 152 valence electrons. The Morgan fingerprint density at radius 2 is 1.80 bits per heavy atom. The van der Waals surface area contributed by atoms with Gasteiger partial charge in [-0.1, -0.05) is 23.7 Å². The number of anilines is 1. The first kappa shape index (κ1) is 19.5. The first-order valence-electron chi connectivity index (χ1n) is 8.94. The summed E-state index contributed by atoms with van der Waals surface area (Å²) in [6, 6.07) is 13.9. The van der Waals surface area contributed by atoms with Crippen LogP contribution in [-0.4, -0.2) is 29.1 Å². The van der Waals surface area contributed by atoms with Crippen LogP contribution in [0.25, 0.3) is 11.3 Å². The monoisotopic (exact) mass is 423 g/mol. The van der Waals surface area contributed by atoms with Crippen LogP contribution in [0.1, 0.15) is 11.6 Å². The molecule has 4 N–H and O–H groups in total. The van der Waals surface area contributed by atoms with Crippen molar-refractivity contribution in [3.63, 3.8) is 0 Å². The molecule has 2 aromatic carbocycles. The fourth-order valence-corrected chi connectivity index (χ4v) is 3.55. The SMILES string of the molecule is COc1cc(C2C(C#N)=C(N)Nc3cc(-c4ccc(Cl)cc4)nn32)cc(OC)c1O. The van der Waals surface area contributed by atoms with Gasteiger partial charge in [-0.25, -0.2) is 4.68 Å². The molecule has 9 heteroatoms. The molecule has 3 aromatic rings. The second-order valence-corrected chi connectivity index (χ2v) is 7.04. The molecule has 2 heterocycles. The molecule has 0 saturated carbocycles. The fraction of sp³-hybridized carbons (Fsp3) is 0.143. The van der Waals surface area contributed by atoms with Gasteiger partial charge in [-0.2, -0.15) is 10.4 Å². The molecule has 0 fully saturated rings. The minimum Gasteiger partial charge on any atom is -0.502 e. The van der Waals surface area contributed by atoms with E-state index >= 15 is 0 Å². The first-order valence-corrected chi connectivity index (χ1v) is 9.31. The standard InChI is InChI=1S/C21H18ClN5O3/c1-29-16-7-12(8-17(30-2)20(16)28)19-14(10-23)21(24)25-18-9-15(26-27(18)19)11-3-5-13(22)6-4-11/h3-9,19,25,28H,24H2,1-2H3. The van der Waals surface area contributed by atoms with Crippen LogP contribution in [0.3, 0.4) is 0 Å². The van der Waals surface area contributed by atoms with Gasteiger partial charge >= 0.3 is 0 Å². The molecule has 8 nitrogen and oxygen atoms in total. The molecule has 1 atom stereocenters. The van der Waals surface area contributed by atoms with Crippen LogP contribution in [0, 0.1) is 11.3 Å². The molecule has 1 aliphatic heterocycles. The van der Waals surface area contributed by atoms with Crippen LogP contribution in [0.4, 0.5) is 5.82 Å². The van der Waals surface area contributed by atoms with Gasteiger partial charge in [0.2, 0.25) is 5.75 Å². The van der Waals surface area contributed by atoms with E-state index in [1.54, 1.807) is 28.9 Å². The molecular weight excluding hydrogens is 406 g/mol. The third-order valence-corrected chi connectivity index (χ3v) is 5.14. The summed E-state index contributed by atoms with van der Waals surface area (Å²) in [7, 11) is 2.88. The van der Waals surface area contributed by atoms with Crippen LogP contribution >= 0.6 is 11.6 Å². The molecule has 4 rings (SSSR count). The molecular formula is C21H18ClN5O3. The van der Waals surface area contributed by atoms with Gasteiger partial charge in [0, 0.05) is 16.7 Å². The van der Waals surface area contributed by atoms with E-state index in [9.17, 15) is 10.4 Å². The molecule has 0 saturated heterocycles. The highest BCUT2D eigenvalue weighted by Crippen LogP contribution is 2.43. The number of phenolic OH excluding ortho intramolecular Hbond substituents is 1. The second kappa shape index (κ2) is 7.54. The number of nitrogens with one attached hydrogen (secondary N) is 1. The number of halogens is 1. The lowest BCUT2D eigenvalue weighted by molar-refractivity contribution is 0.338. The number of allylic oxidation sites excluding steroid dienone is 1. The Bertz CT molecular complexity index is 1170. The predicted octanol–water partition coefficient (Wildman–Crippen LogP) is 3.64. The summed E-state index contributed by atoms with van der Waals surface area (Å²) >= 11 is 5.99. The lowest BCUT2D eigenvalue weighted by atomic mass is 9.97. The maximum atomic E-state index is 10.3. The minimum absolute atomic E-state index is 0.129. The number of phenols is 1. The second-order valence-electron chi connectivity index (χ2n) is 6.61. The molecule has 0 radical (unpaired) electrons. The van der Waals surface area contributed by atoms with Gasteiger partial charge in [0.05, 0.1) is 25.5 Å². The molecule has 0 bridgehead atoms. The topological polar surface area (TPSA) is 118 Å². The normalized spacial score (nSPS) is 15.2. The van der Waals surface area contributed by atoms with Crippen molar-refractivity contribution in [2.24, 2.45) is 5.73 Å². The predicted molar refractivity (Wildman–Crippen MR) is 112 cm³/mol. The van der Waals surface area contributed by atoms with E-state index in [0.717, 1.165) is 5.56 Å². The highest BCUT2D eigenvalue weighted by Gasteiger charge is 2.32. The zero-order chi connectivity index (χ0) is 21.4. The Hall–Kier alpha value is -3.83. The van der Waals surface area contributed by atoms with Crippen molar-refractivity contribution in [1.29, 1.82) is 5.26 Å². The number of nitrogens with zero attached hydrogens (tertiary/aromatic N) is 3. The molecule has 1 unspecified atom stereocenters. The Labute approximate surface area is 177 Å². The van der Waals surface area contributed by atoms with E-state index in [0.29, 0.717) is 22.1 Å². The van der Waals surface area contributed by atoms with Gasteiger partial charge in [0.1, 0.15) is 23.7 Å². The van der Waals surface area contributed by atoms with Crippen LogP contribution in [0.2, 0.25) is 5.02 Å². The third-order valence-electron chi connectivity index (χ3n) is 4.88. The van der Waals surface area contributed by atoms with Crippen molar-refractivity contribution in [1.82, 2.24) is 9.78 Å². The Morgan fingerprint density at radius 1 is 1.17 bits per heavy atom. The van der Waals surface area contributed by atoms with Crippen molar-refractivity contribution in [2.75, 3.05) is 19.5 Å². The first-order chi connectivity index (χ1) is 14.5. The smallest absolute Gasteiger partial charge is 0.200 e. The van der Waals surface area contributed by atoms with Gasteiger partial charge in [-0.15, -0.1) is 0 Å². The molecule has 0 amide bonds. The van der Waals surface area contributed by atoms with Crippen molar-refractivity contribution in [3.8, 4) is 34.6 Å². The van der Waals surface area contributed by atoms with Crippen LogP contribution in [0.5, 0.6) is 17.2 Å². The van der Waals surface area contributed by atoms with Gasteiger partial charge in [0.25, 0.3) is 0 Å². The van der Waals surface area contributed by atoms with E-state index in [2.05, 4.69) is 11.4 Å². The molecule has 0 spiro atoms. The molecule has 1 aliphatic rings. The zero-order valence-corrected chi connectivity index (χ0v) is 16.9. The summed E-state index contributed by atoms with van der Waals surface area (Å²) in [6.45, 7) is 0. The number of rotatable bonds is 4. The average molecular weight is 424 g/mol. The van der Waals surface area contributed by atoms with Gasteiger partial charge < -0.3 is 25.6 Å². The van der Waals surface area contributed by atoms with E-state index in [-0.39, 0.29) is 28.6 Å². The molecule has 30 heavy (non-hydrogen) atoms. The van der Waals surface area contributed by atoms with Gasteiger partial charge in [0.15, 0.2) is 11.5 Å². The number of nitrogens with two attached hydrogens (primary N) is 1. The van der Waals surface area contributed by atoms with Gasteiger partial charge in [-0.05, 0) is 29.8 Å². The zero-order valence-electron chi connectivity index (χ0n) is 16.2. The van der Waals surface area contributed by atoms with E-state index < -0.39 is 6.04 Å². The summed E-state index contributed by atoms with van der Waals surface area (Å²) in [5, 5.41) is 28.4. The number of benzene rings is 2. The van der Waals surface area contributed by atoms with Crippen molar-refractivity contribution in [3.05, 3.63) is 64.4 Å². The number of hydrogen-bond donors (Lipinski definition) is 3. The van der Waals surface area contributed by atoms with Crippen molar-refractivity contribution >= 4 is 17.4 Å². The number of hydrogen-bond acceptors (Lipinski definition) is 7. The summed E-state index contributed by atoms with van der Waals surface area (Å²) in [5.74, 6) is 1.14. The fourth-order valence-electron chi connectivity index (χ4n) is 3.42. The van der Waals surface area contributed by atoms with Crippen molar-refractivity contribution < 1.29 is 14.6 Å². The number of ether oxygens (including phenoxy) is 2. The Morgan fingerprint density at radius 3 is 2.37 bits per heavy atom. The van der Waals surface area contributed by atoms with E-state index in [1.165, 1.54) is 14.2 Å². The van der Waals surface area contributed by atoms with Crippen LogP contribution in [-0.2, 0) is 0 Å². The maximum Gasteiger partial charge on any atom is 0.200 e.